The van der Waals surface area contributed by atoms with Gasteiger partial charge >= 0.3 is 5.97 Å². The molecule has 0 aromatic heterocycles. The Morgan fingerprint density at radius 3 is 2.07 bits per heavy atom. The minimum atomic E-state index is -0.668. The second-order valence-corrected chi connectivity index (χ2v) is 4.49. The maximum absolute atomic E-state index is 11.4. The van der Waals surface area contributed by atoms with E-state index in [0.29, 0.717) is 6.29 Å². The standard InChI is InChI=1S/C12H21N3O5.CH2O2.CH4O.CH4S/c1-8(7-20-9(2)17)15-12(19)5-14-11(18)4-3-10(13)6-16;2-1-3;2*1-2/h6,8,10H,3-5,7,13H2,1-2H3,(H,14,18)(H,15,19);1H,(H,2,3);2*2H,1H3. The van der Waals surface area contributed by atoms with Gasteiger partial charge in [-0.25, -0.2) is 0 Å². The molecule has 0 aromatic rings. The molecule has 0 aliphatic rings. The molecular weight excluding hydrogens is 382 g/mol. The van der Waals surface area contributed by atoms with E-state index in [9.17, 15) is 19.2 Å². The number of aldehydes is 1. The van der Waals surface area contributed by atoms with Gasteiger partial charge in [0.05, 0.1) is 18.6 Å². The number of hydrogen-bond donors (Lipinski definition) is 6. The van der Waals surface area contributed by atoms with Crippen molar-refractivity contribution in [2.24, 2.45) is 5.73 Å². The van der Waals surface area contributed by atoms with Gasteiger partial charge in [0.25, 0.3) is 6.47 Å². The van der Waals surface area contributed by atoms with Gasteiger partial charge in [0, 0.05) is 20.5 Å². The third-order valence-corrected chi connectivity index (χ3v) is 2.27. The highest BCUT2D eigenvalue weighted by molar-refractivity contribution is 7.79. The molecule has 0 saturated carbocycles. The molecule has 6 N–H and O–H groups in total. The third-order valence-electron chi connectivity index (χ3n) is 2.27. The number of rotatable bonds is 9. The number of nitrogens with two attached hydrogens (primary N) is 1. The summed E-state index contributed by atoms with van der Waals surface area (Å²) in [7, 11) is 1.00. The summed E-state index contributed by atoms with van der Waals surface area (Å²) in [6, 6.07) is -1.01. The third kappa shape index (κ3) is 32.0. The lowest BCUT2D eigenvalue weighted by atomic mass is 10.2. The van der Waals surface area contributed by atoms with Crippen LogP contribution >= 0.6 is 12.6 Å². The van der Waals surface area contributed by atoms with Crippen LogP contribution in [0.25, 0.3) is 0 Å². The fraction of sp³-hybridized carbons (Fsp3) is 0.667. The molecule has 0 bridgehead atoms. The number of amides is 2. The molecular formula is C15H31N3O8S. The van der Waals surface area contributed by atoms with Crippen LogP contribution in [0.4, 0.5) is 0 Å². The lowest BCUT2D eigenvalue weighted by Gasteiger charge is -2.14. The number of carbonyl (C=O) groups excluding carboxylic acids is 4. The molecule has 27 heavy (non-hydrogen) atoms. The first-order valence-electron chi connectivity index (χ1n) is 7.64. The van der Waals surface area contributed by atoms with Crippen LogP contribution in [0.1, 0.15) is 26.7 Å². The Hall–Kier alpha value is -2.18. The Labute approximate surface area is 164 Å². The fourth-order valence-corrected chi connectivity index (χ4v) is 1.24. The van der Waals surface area contributed by atoms with Gasteiger partial charge in [-0.2, -0.15) is 12.6 Å². The predicted octanol–water partition coefficient (Wildman–Crippen LogP) is -1.67. The van der Waals surface area contributed by atoms with Gasteiger partial charge in [0.1, 0.15) is 12.9 Å². The Morgan fingerprint density at radius 1 is 1.19 bits per heavy atom. The second-order valence-electron chi connectivity index (χ2n) is 4.49. The van der Waals surface area contributed by atoms with Gasteiger partial charge in [-0.1, -0.05) is 0 Å². The first-order valence-corrected chi connectivity index (χ1v) is 8.53. The molecule has 0 fully saturated rings. The Bertz CT molecular complexity index is 411. The molecule has 160 valence electrons. The molecule has 0 heterocycles. The van der Waals surface area contributed by atoms with E-state index in [1.54, 1.807) is 13.2 Å². The van der Waals surface area contributed by atoms with Crippen molar-refractivity contribution in [1.82, 2.24) is 10.6 Å². The van der Waals surface area contributed by atoms with Gasteiger partial charge in [0.2, 0.25) is 11.8 Å². The number of thiol groups is 1. The molecule has 0 spiro atoms. The minimum absolute atomic E-state index is 0.0726. The van der Waals surface area contributed by atoms with Crippen molar-refractivity contribution >= 4 is 43.2 Å². The van der Waals surface area contributed by atoms with Gasteiger partial charge in [-0.05, 0) is 19.6 Å². The lowest BCUT2D eigenvalue weighted by molar-refractivity contribution is -0.142. The van der Waals surface area contributed by atoms with Gasteiger partial charge in [-0.15, -0.1) is 0 Å². The van der Waals surface area contributed by atoms with E-state index in [-0.39, 0.29) is 44.4 Å². The van der Waals surface area contributed by atoms with Gasteiger partial charge in [0.15, 0.2) is 0 Å². The first kappa shape index (κ1) is 32.5. The molecule has 0 aliphatic carbocycles. The Balaban J connectivity index is -0.000000331. The number of esters is 1. The van der Waals surface area contributed by atoms with E-state index >= 15 is 0 Å². The van der Waals surface area contributed by atoms with Gasteiger partial charge in [-0.3, -0.25) is 19.2 Å². The van der Waals surface area contributed by atoms with Crippen molar-refractivity contribution < 1.29 is 38.9 Å². The van der Waals surface area contributed by atoms with Crippen LogP contribution in [0.15, 0.2) is 0 Å². The maximum atomic E-state index is 11.4. The monoisotopic (exact) mass is 413 g/mol. The molecule has 2 unspecified atom stereocenters. The SMILES string of the molecule is CC(=O)OCC(C)NC(=O)CNC(=O)CCC(N)C=O.CO.CS.O=CO. The smallest absolute Gasteiger partial charge is 0.302 e. The quantitative estimate of drug-likeness (QED) is 0.146. The van der Waals surface area contributed by atoms with E-state index in [1.165, 1.54) is 6.92 Å². The molecule has 11 nitrogen and oxygen atoms in total. The summed E-state index contributed by atoms with van der Waals surface area (Å²) in [6.07, 6.45) is 2.58. The molecule has 0 aliphatic heterocycles. The topological polar surface area (TPSA) is 185 Å². The summed E-state index contributed by atoms with van der Waals surface area (Å²) in [5.74, 6) is -1.17. The molecule has 2 atom stereocenters. The van der Waals surface area contributed by atoms with Crippen molar-refractivity contribution in [3.05, 3.63) is 0 Å². The zero-order valence-electron chi connectivity index (χ0n) is 16.0. The second kappa shape index (κ2) is 26.1. The summed E-state index contributed by atoms with van der Waals surface area (Å²) in [5, 5.41) is 18.8. The molecule has 2 amide bonds. The number of hydrogen-bond acceptors (Lipinski definition) is 9. The summed E-state index contributed by atoms with van der Waals surface area (Å²) in [6.45, 7) is 2.59. The van der Waals surface area contributed by atoms with E-state index in [2.05, 4.69) is 23.3 Å². The minimum Gasteiger partial charge on any atom is -0.483 e. The molecule has 0 radical (unpaired) electrons. The highest BCUT2D eigenvalue weighted by atomic mass is 32.1. The van der Waals surface area contributed by atoms with E-state index < -0.39 is 17.9 Å². The van der Waals surface area contributed by atoms with E-state index in [0.717, 1.165) is 7.11 Å². The van der Waals surface area contributed by atoms with Crippen LogP contribution in [0.2, 0.25) is 0 Å². The summed E-state index contributed by atoms with van der Waals surface area (Å²) < 4.78 is 4.72. The molecule has 0 saturated heterocycles. The maximum Gasteiger partial charge on any atom is 0.302 e. The number of carbonyl (C=O) groups is 5. The average Bonchev–Trinajstić information content (AvgIpc) is 2.66. The van der Waals surface area contributed by atoms with Crippen LogP contribution in [0.3, 0.4) is 0 Å². The first-order chi connectivity index (χ1) is 12.8. The molecule has 12 heteroatoms. The zero-order valence-corrected chi connectivity index (χ0v) is 16.9. The van der Waals surface area contributed by atoms with Crippen molar-refractivity contribution in [1.29, 1.82) is 0 Å². The highest BCUT2D eigenvalue weighted by Gasteiger charge is 2.11. The van der Waals surface area contributed by atoms with Crippen LogP contribution < -0.4 is 16.4 Å². The average molecular weight is 413 g/mol. The predicted molar refractivity (Wildman–Crippen MR) is 102 cm³/mol. The number of carboxylic acid groups (broad SMARTS) is 1. The number of aliphatic hydroxyl groups is 1. The lowest BCUT2D eigenvalue weighted by Crippen LogP contribution is -2.42. The van der Waals surface area contributed by atoms with Crippen molar-refractivity contribution in [3.63, 3.8) is 0 Å². The molecule has 0 rings (SSSR count). The van der Waals surface area contributed by atoms with Crippen molar-refractivity contribution in [2.75, 3.05) is 26.5 Å². The number of ether oxygens (including phenoxy) is 1. The Morgan fingerprint density at radius 2 is 1.67 bits per heavy atom. The largest absolute Gasteiger partial charge is 0.483 e. The van der Waals surface area contributed by atoms with E-state index in [1.807, 2.05) is 0 Å². The fourth-order valence-electron chi connectivity index (χ4n) is 1.24. The van der Waals surface area contributed by atoms with Crippen LogP contribution in [0.5, 0.6) is 0 Å². The normalized spacial score (nSPS) is 10.5. The van der Waals surface area contributed by atoms with Crippen LogP contribution in [-0.4, -0.2) is 79.4 Å². The molecule has 0 aromatic carbocycles. The zero-order chi connectivity index (χ0) is 22.3. The summed E-state index contributed by atoms with van der Waals surface area (Å²) in [4.78, 5) is 52.0. The Kier molecular flexibility index (Phi) is 31.3. The van der Waals surface area contributed by atoms with Crippen molar-refractivity contribution in [3.8, 4) is 0 Å². The summed E-state index contributed by atoms with van der Waals surface area (Å²) in [5.41, 5.74) is 5.33. The number of aliphatic hydroxyl groups excluding tert-OH is 1. The van der Waals surface area contributed by atoms with Crippen LogP contribution in [-0.2, 0) is 28.7 Å². The summed E-state index contributed by atoms with van der Waals surface area (Å²) >= 11 is 3.53. The van der Waals surface area contributed by atoms with E-state index in [4.69, 9.17) is 25.5 Å². The van der Waals surface area contributed by atoms with Crippen LogP contribution in [0, 0.1) is 0 Å². The van der Waals surface area contributed by atoms with Gasteiger partial charge < -0.3 is 36.1 Å². The van der Waals surface area contributed by atoms with Crippen molar-refractivity contribution in [2.45, 2.75) is 38.8 Å². The highest BCUT2D eigenvalue weighted by Crippen LogP contribution is 1.91. The number of nitrogens with one attached hydrogen (secondary N) is 2.